The molecule has 1 aromatic carbocycles. The molecule has 1 rings (SSSR count). The summed E-state index contributed by atoms with van der Waals surface area (Å²) >= 11 is 0. The van der Waals surface area contributed by atoms with Crippen LogP contribution in [0.25, 0.3) is 0 Å². The highest BCUT2D eigenvalue weighted by Gasteiger charge is 2.22. The highest BCUT2D eigenvalue weighted by molar-refractivity contribution is 5.56. The molecular weight excluding hydrogens is 250 g/mol. The third-order valence-corrected chi connectivity index (χ3v) is 3.25. The van der Waals surface area contributed by atoms with Crippen molar-refractivity contribution in [2.24, 2.45) is 0 Å². The maximum atomic E-state index is 14.0. The van der Waals surface area contributed by atoms with Gasteiger partial charge in [-0.1, -0.05) is 13.8 Å². The molecule has 0 saturated carbocycles. The smallest absolute Gasteiger partial charge is 0.151 e. The van der Waals surface area contributed by atoms with Crippen LogP contribution in [-0.2, 0) is 4.74 Å². The summed E-state index contributed by atoms with van der Waals surface area (Å²) in [7, 11) is 1.57. The van der Waals surface area contributed by atoms with E-state index in [0.717, 1.165) is 25.0 Å². The predicted molar refractivity (Wildman–Crippen MR) is 74.4 cm³/mol. The third-order valence-electron chi connectivity index (χ3n) is 3.25. The Morgan fingerprint density at radius 3 is 2.16 bits per heavy atom. The first-order valence-corrected chi connectivity index (χ1v) is 6.55. The van der Waals surface area contributed by atoms with E-state index in [4.69, 9.17) is 10.5 Å². The van der Waals surface area contributed by atoms with Crippen LogP contribution in [0.2, 0.25) is 0 Å². The largest absolute Gasteiger partial charge is 0.399 e. The normalized spacial score (nSPS) is 11.1. The van der Waals surface area contributed by atoms with E-state index in [9.17, 15) is 8.78 Å². The van der Waals surface area contributed by atoms with Crippen LogP contribution < -0.4 is 10.6 Å². The van der Waals surface area contributed by atoms with Crippen molar-refractivity contribution in [3.05, 3.63) is 23.8 Å². The van der Waals surface area contributed by atoms with Crippen molar-refractivity contribution in [1.82, 2.24) is 0 Å². The Kier molecular flexibility index (Phi) is 6.02. The molecule has 0 heterocycles. The third kappa shape index (κ3) is 3.80. The molecule has 0 fully saturated rings. The predicted octanol–water partition coefficient (Wildman–Crippen LogP) is 3.19. The van der Waals surface area contributed by atoms with Gasteiger partial charge in [-0.25, -0.2) is 8.78 Å². The molecule has 0 aromatic heterocycles. The molecule has 3 nitrogen and oxygen atoms in total. The molecule has 0 aliphatic heterocycles. The second-order valence-corrected chi connectivity index (χ2v) is 4.49. The Morgan fingerprint density at radius 2 is 1.74 bits per heavy atom. The van der Waals surface area contributed by atoms with Crippen LogP contribution in [-0.4, -0.2) is 26.3 Å². The fourth-order valence-electron chi connectivity index (χ4n) is 2.26. The van der Waals surface area contributed by atoms with Gasteiger partial charge in [0.15, 0.2) is 11.6 Å². The lowest BCUT2D eigenvalue weighted by Gasteiger charge is -2.33. The number of methoxy groups -OCH3 is 1. The van der Waals surface area contributed by atoms with Crippen molar-refractivity contribution in [3.63, 3.8) is 0 Å². The van der Waals surface area contributed by atoms with Crippen molar-refractivity contribution < 1.29 is 13.5 Å². The highest BCUT2D eigenvalue weighted by Crippen LogP contribution is 2.29. The summed E-state index contributed by atoms with van der Waals surface area (Å²) in [6, 6.07) is 2.38. The molecule has 0 unspecified atom stereocenters. The number of hydrogen-bond acceptors (Lipinski definition) is 3. The molecule has 0 saturated heterocycles. The van der Waals surface area contributed by atoms with Crippen LogP contribution in [0.1, 0.15) is 26.7 Å². The molecule has 0 aliphatic rings. The van der Waals surface area contributed by atoms with E-state index in [1.165, 1.54) is 0 Å². The molecule has 0 amide bonds. The molecule has 2 N–H and O–H groups in total. The van der Waals surface area contributed by atoms with Gasteiger partial charge in [0.2, 0.25) is 0 Å². The number of nitrogens with two attached hydrogens (primary N) is 1. The first-order valence-electron chi connectivity index (χ1n) is 6.55. The lowest BCUT2D eigenvalue weighted by atomic mass is 10.1. The molecule has 1 aromatic rings. The molecule has 0 spiro atoms. The van der Waals surface area contributed by atoms with Gasteiger partial charge in [-0.3, -0.25) is 0 Å². The zero-order valence-corrected chi connectivity index (χ0v) is 11.7. The second-order valence-electron chi connectivity index (χ2n) is 4.49. The van der Waals surface area contributed by atoms with E-state index in [1.54, 1.807) is 12.0 Å². The summed E-state index contributed by atoms with van der Waals surface area (Å²) in [4.78, 5) is 1.73. The molecule has 5 heteroatoms. The maximum Gasteiger partial charge on any atom is 0.151 e. The minimum Gasteiger partial charge on any atom is -0.399 e. The number of benzene rings is 1. The van der Waals surface area contributed by atoms with Crippen molar-refractivity contribution >= 4 is 11.4 Å². The average Bonchev–Trinajstić information content (AvgIpc) is 2.35. The van der Waals surface area contributed by atoms with Crippen molar-refractivity contribution in [1.29, 1.82) is 0 Å². The van der Waals surface area contributed by atoms with Crippen LogP contribution in [0, 0.1) is 11.6 Å². The van der Waals surface area contributed by atoms with Crippen molar-refractivity contribution in [2.75, 3.05) is 30.9 Å². The van der Waals surface area contributed by atoms with Gasteiger partial charge in [0, 0.05) is 25.4 Å². The van der Waals surface area contributed by atoms with Gasteiger partial charge in [-0.05, 0) is 25.0 Å². The summed E-state index contributed by atoms with van der Waals surface area (Å²) < 4.78 is 33.1. The molecule has 0 radical (unpaired) electrons. The summed E-state index contributed by atoms with van der Waals surface area (Å²) in [6.45, 7) is 4.86. The van der Waals surface area contributed by atoms with Gasteiger partial charge in [0.25, 0.3) is 0 Å². The van der Waals surface area contributed by atoms with Gasteiger partial charge >= 0.3 is 0 Å². The van der Waals surface area contributed by atoms with E-state index in [-0.39, 0.29) is 17.4 Å². The number of halogens is 2. The summed E-state index contributed by atoms with van der Waals surface area (Å²) in [6.07, 6.45) is 1.62. The molecular formula is C14H22F2N2O. The van der Waals surface area contributed by atoms with Gasteiger partial charge in [0.05, 0.1) is 6.61 Å². The minimum absolute atomic E-state index is 0.0139. The second kappa shape index (κ2) is 7.28. The first-order chi connectivity index (χ1) is 9.04. The summed E-state index contributed by atoms with van der Waals surface area (Å²) in [5, 5.41) is 0. The molecule has 108 valence electrons. The lowest BCUT2D eigenvalue weighted by molar-refractivity contribution is 0.202. The number of rotatable bonds is 7. The van der Waals surface area contributed by atoms with E-state index in [1.807, 2.05) is 13.8 Å². The molecule has 0 bridgehead atoms. The first kappa shape index (κ1) is 15.7. The van der Waals surface area contributed by atoms with Gasteiger partial charge in [-0.2, -0.15) is 0 Å². The standard InChI is InChI=1S/C14H22F2N2O/c1-4-11(5-2)18(6-7-19-3)14-12(15)8-10(17)9-13(14)16/h8-9,11H,4-7,17H2,1-3H3. The van der Waals surface area contributed by atoms with E-state index in [0.29, 0.717) is 13.2 Å². The number of hydrogen-bond donors (Lipinski definition) is 1. The van der Waals surface area contributed by atoms with Crippen LogP contribution in [0.3, 0.4) is 0 Å². The van der Waals surface area contributed by atoms with Crippen LogP contribution in [0.5, 0.6) is 0 Å². The van der Waals surface area contributed by atoms with Gasteiger partial charge < -0.3 is 15.4 Å². The quantitative estimate of drug-likeness (QED) is 0.775. The van der Waals surface area contributed by atoms with Crippen molar-refractivity contribution in [3.8, 4) is 0 Å². The Labute approximate surface area is 113 Å². The van der Waals surface area contributed by atoms with E-state index >= 15 is 0 Å². The average molecular weight is 272 g/mol. The topological polar surface area (TPSA) is 38.5 Å². The highest BCUT2D eigenvalue weighted by atomic mass is 19.1. The number of ether oxygens (including phenoxy) is 1. The fourth-order valence-corrected chi connectivity index (χ4v) is 2.26. The van der Waals surface area contributed by atoms with Crippen LogP contribution in [0.15, 0.2) is 12.1 Å². The summed E-state index contributed by atoms with van der Waals surface area (Å²) in [5.41, 5.74) is 5.53. The Hall–Kier alpha value is -1.36. The maximum absolute atomic E-state index is 14.0. The number of nitrogen functional groups attached to an aromatic ring is 1. The molecule has 0 atom stereocenters. The number of anilines is 2. The van der Waals surface area contributed by atoms with E-state index < -0.39 is 11.6 Å². The lowest BCUT2D eigenvalue weighted by Crippen LogP contribution is -2.38. The van der Waals surface area contributed by atoms with Gasteiger partial charge in [-0.15, -0.1) is 0 Å². The van der Waals surface area contributed by atoms with E-state index in [2.05, 4.69) is 0 Å². The number of nitrogens with zero attached hydrogens (tertiary/aromatic N) is 1. The fraction of sp³-hybridized carbons (Fsp3) is 0.571. The monoisotopic (exact) mass is 272 g/mol. The Balaban J connectivity index is 3.16. The molecule has 0 aliphatic carbocycles. The summed E-state index contributed by atoms with van der Waals surface area (Å²) in [5.74, 6) is -1.25. The SMILES string of the molecule is CCC(CC)N(CCOC)c1c(F)cc(N)cc1F. The van der Waals surface area contributed by atoms with Gasteiger partial charge in [0.1, 0.15) is 5.69 Å². The zero-order chi connectivity index (χ0) is 14.4. The zero-order valence-electron chi connectivity index (χ0n) is 11.7. The van der Waals surface area contributed by atoms with Crippen LogP contribution in [0.4, 0.5) is 20.2 Å². The Morgan fingerprint density at radius 1 is 1.21 bits per heavy atom. The minimum atomic E-state index is -0.625. The Bertz CT molecular complexity index is 385. The van der Waals surface area contributed by atoms with Crippen molar-refractivity contribution in [2.45, 2.75) is 32.7 Å². The van der Waals surface area contributed by atoms with Crippen LogP contribution >= 0.6 is 0 Å². The molecule has 19 heavy (non-hydrogen) atoms.